The topological polar surface area (TPSA) is 41.6 Å². The number of aryl methyl sites for hydroxylation is 2. The van der Waals surface area contributed by atoms with Crippen molar-refractivity contribution in [3.63, 3.8) is 0 Å². The molecule has 94 valence electrons. The van der Waals surface area contributed by atoms with Crippen LogP contribution in [0.5, 0.6) is 0 Å². The van der Waals surface area contributed by atoms with Gasteiger partial charge in [-0.05, 0) is 54.7 Å². The standard InChI is InChI=1S/C15H19N3/c1-11(8-15-10-16-18-17-15)13-7-6-12-4-2-3-5-14(12)9-13/h6-7,9-11H,2-5,8H2,1H3,(H,16,17,18). The van der Waals surface area contributed by atoms with Gasteiger partial charge < -0.3 is 0 Å². The second-order valence-electron chi connectivity index (χ2n) is 5.30. The lowest BCUT2D eigenvalue weighted by molar-refractivity contribution is 0.678. The minimum Gasteiger partial charge on any atom is -0.198 e. The van der Waals surface area contributed by atoms with Gasteiger partial charge in [0.2, 0.25) is 0 Å². The fraction of sp³-hybridized carbons (Fsp3) is 0.467. The van der Waals surface area contributed by atoms with Gasteiger partial charge in [-0.1, -0.05) is 25.1 Å². The predicted molar refractivity (Wildman–Crippen MR) is 71.6 cm³/mol. The van der Waals surface area contributed by atoms with Gasteiger partial charge in [-0.3, -0.25) is 0 Å². The van der Waals surface area contributed by atoms with Crippen LogP contribution in [-0.2, 0) is 19.3 Å². The Morgan fingerprint density at radius 1 is 1.22 bits per heavy atom. The van der Waals surface area contributed by atoms with Gasteiger partial charge in [0, 0.05) is 0 Å². The average Bonchev–Trinajstić information content (AvgIpc) is 2.91. The Hall–Kier alpha value is -1.64. The van der Waals surface area contributed by atoms with Crippen LogP contribution in [0.25, 0.3) is 0 Å². The SMILES string of the molecule is CC(Cc1cn[nH]n1)c1ccc2c(c1)CCCC2. The minimum absolute atomic E-state index is 0.502. The maximum Gasteiger partial charge on any atom is 0.0830 e. The van der Waals surface area contributed by atoms with Gasteiger partial charge in [0.05, 0.1) is 11.9 Å². The molecule has 0 saturated heterocycles. The summed E-state index contributed by atoms with van der Waals surface area (Å²) in [6.45, 7) is 2.26. The number of H-pyrrole nitrogens is 1. The first-order chi connectivity index (χ1) is 8.83. The summed E-state index contributed by atoms with van der Waals surface area (Å²) in [5.41, 5.74) is 5.59. The van der Waals surface area contributed by atoms with Crippen LogP contribution in [0.15, 0.2) is 24.4 Å². The van der Waals surface area contributed by atoms with Gasteiger partial charge in [-0.25, -0.2) is 0 Å². The summed E-state index contributed by atoms with van der Waals surface area (Å²) in [6, 6.07) is 7.01. The molecule has 1 N–H and O–H groups in total. The number of hydrogen-bond donors (Lipinski definition) is 1. The molecule has 1 aliphatic carbocycles. The van der Waals surface area contributed by atoms with Crippen molar-refractivity contribution in [3.8, 4) is 0 Å². The summed E-state index contributed by atoms with van der Waals surface area (Å²) in [6.07, 6.45) is 7.96. The monoisotopic (exact) mass is 241 g/mol. The third-order valence-electron chi connectivity index (χ3n) is 3.92. The highest BCUT2D eigenvalue weighted by Crippen LogP contribution is 2.26. The molecule has 0 fully saturated rings. The van der Waals surface area contributed by atoms with E-state index in [1.165, 1.54) is 31.2 Å². The fourth-order valence-electron chi connectivity index (χ4n) is 2.82. The molecule has 2 aromatic rings. The molecule has 0 bridgehead atoms. The molecule has 1 aromatic carbocycles. The summed E-state index contributed by atoms with van der Waals surface area (Å²) in [5.74, 6) is 0.502. The van der Waals surface area contributed by atoms with Gasteiger partial charge in [0.1, 0.15) is 0 Å². The van der Waals surface area contributed by atoms with Crippen molar-refractivity contribution in [3.05, 3.63) is 46.8 Å². The van der Waals surface area contributed by atoms with Crippen LogP contribution in [0.3, 0.4) is 0 Å². The summed E-state index contributed by atoms with van der Waals surface area (Å²) in [4.78, 5) is 0. The highest BCUT2D eigenvalue weighted by atomic mass is 15.3. The van der Waals surface area contributed by atoms with Gasteiger partial charge in [0.15, 0.2) is 0 Å². The largest absolute Gasteiger partial charge is 0.198 e. The predicted octanol–water partition coefficient (Wildman–Crippen LogP) is 3.03. The van der Waals surface area contributed by atoms with Crippen LogP contribution >= 0.6 is 0 Å². The Morgan fingerprint density at radius 2 is 2.06 bits per heavy atom. The first-order valence-corrected chi connectivity index (χ1v) is 6.79. The van der Waals surface area contributed by atoms with Crippen molar-refractivity contribution in [2.24, 2.45) is 0 Å². The normalized spacial score (nSPS) is 16.3. The molecule has 3 heteroatoms. The summed E-state index contributed by atoms with van der Waals surface area (Å²) < 4.78 is 0. The Bertz CT molecular complexity index is 517. The quantitative estimate of drug-likeness (QED) is 0.897. The van der Waals surface area contributed by atoms with Crippen LogP contribution in [0, 0.1) is 0 Å². The van der Waals surface area contributed by atoms with Crippen LogP contribution in [-0.4, -0.2) is 15.4 Å². The zero-order chi connectivity index (χ0) is 12.4. The second kappa shape index (κ2) is 4.92. The van der Waals surface area contributed by atoms with Crippen molar-refractivity contribution in [1.82, 2.24) is 15.4 Å². The van der Waals surface area contributed by atoms with Crippen molar-refractivity contribution < 1.29 is 0 Å². The molecular weight excluding hydrogens is 222 g/mol. The number of aromatic amines is 1. The Kier molecular flexibility index (Phi) is 3.13. The third-order valence-corrected chi connectivity index (χ3v) is 3.92. The van der Waals surface area contributed by atoms with Gasteiger partial charge in [0.25, 0.3) is 0 Å². The lowest BCUT2D eigenvalue weighted by atomic mass is 9.87. The molecule has 18 heavy (non-hydrogen) atoms. The molecule has 3 nitrogen and oxygen atoms in total. The number of nitrogens with one attached hydrogen (secondary N) is 1. The number of nitrogens with zero attached hydrogens (tertiary/aromatic N) is 2. The summed E-state index contributed by atoms with van der Waals surface area (Å²) >= 11 is 0. The zero-order valence-corrected chi connectivity index (χ0v) is 10.8. The number of hydrogen-bond acceptors (Lipinski definition) is 2. The van der Waals surface area contributed by atoms with E-state index in [1.54, 1.807) is 11.1 Å². The first kappa shape index (κ1) is 11.5. The van der Waals surface area contributed by atoms with E-state index in [9.17, 15) is 0 Å². The van der Waals surface area contributed by atoms with Gasteiger partial charge in [-0.2, -0.15) is 15.4 Å². The molecule has 1 aromatic heterocycles. The molecule has 1 heterocycles. The summed E-state index contributed by atoms with van der Waals surface area (Å²) in [5, 5.41) is 10.7. The molecule has 1 aliphatic rings. The zero-order valence-electron chi connectivity index (χ0n) is 10.8. The smallest absolute Gasteiger partial charge is 0.0830 e. The van der Waals surface area contributed by atoms with E-state index in [2.05, 4.69) is 40.5 Å². The minimum atomic E-state index is 0.502. The van der Waals surface area contributed by atoms with E-state index in [1.807, 2.05) is 6.20 Å². The van der Waals surface area contributed by atoms with E-state index >= 15 is 0 Å². The van der Waals surface area contributed by atoms with Gasteiger partial charge >= 0.3 is 0 Å². The summed E-state index contributed by atoms with van der Waals surface area (Å²) in [7, 11) is 0. The van der Waals surface area contributed by atoms with Crippen LogP contribution in [0.4, 0.5) is 0 Å². The molecule has 0 saturated carbocycles. The van der Waals surface area contributed by atoms with Crippen LogP contribution in [0.2, 0.25) is 0 Å². The lowest BCUT2D eigenvalue weighted by Crippen LogP contribution is -2.05. The van der Waals surface area contributed by atoms with Crippen LogP contribution < -0.4 is 0 Å². The Labute approximate surface area is 108 Å². The van der Waals surface area contributed by atoms with E-state index in [0.29, 0.717) is 5.92 Å². The highest BCUT2D eigenvalue weighted by molar-refractivity contribution is 5.35. The number of rotatable bonds is 3. The molecule has 0 spiro atoms. The lowest BCUT2D eigenvalue weighted by Gasteiger charge is -2.18. The van der Waals surface area contributed by atoms with E-state index < -0.39 is 0 Å². The Morgan fingerprint density at radius 3 is 2.83 bits per heavy atom. The molecule has 3 rings (SSSR count). The van der Waals surface area contributed by atoms with Crippen LogP contribution in [0.1, 0.15) is 48.1 Å². The maximum absolute atomic E-state index is 4.13. The number of aromatic nitrogens is 3. The molecular formula is C15H19N3. The third kappa shape index (κ3) is 2.30. The maximum atomic E-state index is 4.13. The van der Waals surface area contributed by atoms with Crippen molar-refractivity contribution in [1.29, 1.82) is 0 Å². The first-order valence-electron chi connectivity index (χ1n) is 6.79. The molecule has 1 unspecified atom stereocenters. The molecule has 0 aliphatic heterocycles. The fourth-order valence-corrected chi connectivity index (χ4v) is 2.82. The van der Waals surface area contributed by atoms with Crippen molar-refractivity contribution >= 4 is 0 Å². The number of benzene rings is 1. The molecule has 0 amide bonds. The molecule has 1 atom stereocenters. The van der Waals surface area contributed by atoms with E-state index in [0.717, 1.165) is 12.1 Å². The average molecular weight is 241 g/mol. The van der Waals surface area contributed by atoms with Crippen molar-refractivity contribution in [2.45, 2.75) is 44.9 Å². The van der Waals surface area contributed by atoms with Crippen molar-refractivity contribution in [2.75, 3.05) is 0 Å². The second-order valence-corrected chi connectivity index (χ2v) is 5.30. The van der Waals surface area contributed by atoms with E-state index in [-0.39, 0.29) is 0 Å². The molecule has 0 radical (unpaired) electrons. The highest BCUT2D eigenvalue weighted by Gasteiger charge is 2.13. The van der Waals surface area contributed by atoms with Gasteiger partial charge in [-0.15, -0.1) is 0 Å². The Balaban J connectivity index is 1.79. The van der Waals surface area contributed by atoms with E-state index in [4.69, 9.17) is 0 Å². The number of fused-ring (bicyclic) bond motifs is 1.